The molecule has 7 nitrogen and oxygen atoms in total. The van der Waals surface area contributed by atoms with Crippen molar-refractivity contribution in [2.75, 3.05) is 0 Å². The van der Waals surface area contributed by atoms with Crippen LogP contribution in [0.2, 0.25) is 0 Å². The zero-order valence-corrected chi connectivity index (χ0v) is 43.5. The number of aryl methyl sites for hydroxylation is 2. The van der Waals surface area contributed by atoms with E-state index in [9.17, 15) is 9.46 Å². The van der Waals surface area contributed by atoms with Crippen molar-refractivity contribution in [2.24, 2.45) is 0 Å². The fourth-order valence-corrected chi connectivity index (χ4v) is 10.4. The van der Waals surface area contributed by atoms with E-state index in [4.69, 9.17) is 24.4 Å². The second kappa shape index (κ2) is 21.5. The van der Waals surface area contributed by atoms with Crippen molar-refractivity contribution in [1.82, 2.24) is 0 Å². The minimum atomic E-state index is -4.66. The molecule has 7 rings (SSSR count). The summed E-state index contributed by atoms with van der Waals surface area (Å²) in [6, 6.07) is 18.3. The van der Waals surface area contributed by atoms with Crippen molar-refractivity contribution in [3.63, 3.8) is 0 Å². The van der Waals surface area contributed by atoms with E-state index in [0.717, 1.165) is 59.1 Å². The van der Waals surface area contributed by atoms with Crippen molar-refractivity contribution < 1.29 is 33.8 Å². The van der Waals surface area contributed by atoms with Crippen molar-refractivity contribution >= 4 is 7.82 Å². The smallest absolute Gasteiger partial charge is 0.394 e. The topological polar surface area (TPSA) is 116 Å². The van der Waals surface area contributed by atoms with Crippen LogP contribution in [0.25, 0.3) is 22.3 Å². The van der Waals surface area contributed by atoms with Gasteiger partial charge in [-0.05, 0) is 158 Å². The second-order valence-corrected chi connectivity index (χ2v) is 22.3. The predicted molar refractivity (Wildman–Crippen MR) is 269 cm³/mol. The van der Waals surface area contributed by atoms with E-state index < -0.39 is 7.82 Å². The van der Waals surface area contributed by atoms with Gasteiger partial charge in [0, 0.05) is 46.0 Å². The molecule has 0 bridgehead atoms. The molecule has 4 aromatic carbocycles. The zero-order valence-electron chi connectivity index (χ0n) is 42.6. The molecule has 64 heavy (non-hydrogen) atoms. The molecule has 1 heterocycles. The Hall–Kier alpha value is -3.45. The van der Waals surface area contributed by atoms with Crippen LogP contribution >= 0.6 is 7.82 Å². The maximum atomic E-state index is 14.6. The maximum absolute atomic E-state index is 14.6. The molecule has 0 atom stereocenters. The SMILES string of the molecule is CC(C)O.CC(C)O.CC(C)O.CC(C)c1cc(C(C)C)c(-c2ccc3c4c2OP(=O)(O)Oc2c(-c5c(C(C)C)cc(C(C)C)cc5C(C)C)ccc5c2C4(CC3)CC5)c(C(C)C)c1. The molecule has 0 saturated heterocycles. The number of rotatable bonds is 8. The summed E-state index contributed by atoms with van der Waals surface area (Å²) in [4.78, 5) is 12.0. The molecule has 0 aromatic heterocycles. The molecule has 0 unspecified atom stereocenters. The lowest BCUT2D eigenvalue weighted by molar-refractivity contribution is 0.215. The Morgan fingerprint density at radius 1 is 0.469 bits per heavy atom. The van der Waals surface area contributed by atoms with Gasteiger partial charge in [-0.2, -0.15) is 0 Å². The minimum Gasteiger partial charge on any atom is -0.394 e. The van der Waals surface area contributed by atoms with E-state index in [2.05, 4.69) is 132 Å². The van der Waals surface area contributed by atoms with Gasteiger partial charge < -0.3 is 24.4 Å². The third kappa shape index (κ3) is 11.7. The van der Waals surface area contributed by atoms with E-state index in [1.165, 1.54) is 44.5 Å². The minimum absolute atomic E-state index is 0.167. The molecule has 0 saturated carbocycles. The largest absolute Gasteiger partial charge is 0.584 e. The van der Waals surface area contributed by atoms with Crippen molar-refractivity contribution in [3.05, 3.63) is 104 Å². The van der Waals surface area contributed by atoms with Gasteiger partial charge in [0.2, 0.25) is 0 Å². The van der Waals surface area contributed by atoms with Gasteiger partial charge in [-0.25, -0.2) is 4.57 Å². The molecule has 2 aliphatic carbocycles. The second-order valence-electron chi connectivity index (χ2n) is 21.0. The van der Waals surface area contributed by atoms with Gasteiger partial charge in [0.1, 0.15) is 11.5 Å². The first-order valence-corrected chi connectivity index (χ1v) is 25.6. The third-order valence-electron chi connectivity index (χ3n) is 12.3. The molecule has 0 amide bonds. The van der Waals surface area contributed by atoms with Gasteiger partial charge in [0.25, 0.3) is 0 Å². The van der Waals surface area contributed by atoms with E-state index in [1.807, 2.05) is 0 Å². The van der Waals surface area contributed by atoms with Crippen LogP contribution < -0.4 is 9.05 Å². The molecule has 1 aliphatic heterocycles. The van der Waals surface area contributed by atoms with Gasteiger partial charge in [-0.3, -0.25) is 4.89 Å². The first-order chi connectivity index (χ1) is 29.6. The Labute approximate surface area is 387 Å². The highest BCUT2D eigenvalue weighted by molar-refractivity contribution is 7.48. The lowest BCUT2D eigenvalue weighted by atomic mass is 9.73. The molecule has 0 radical (unpaired) electrons. The Balaban J connectivity index is 0.000000668. The third-order valence-corrected chi connectivity index (χ3v) is 13.1. The molecule has 0 fully saturated rings. The molecule has 4 N–H and O–H groups in total. The maximum Gasteiger partial charge on any atom is 0.584 e. The van der Waals surface area contributed by atoms with E-state index >= 15 is 0 Å². The van der Waals surface area contributed by atoms with Gasteiger partial charge in [-0.15, -0.1) is 0 Å². The van der Waals surface area contributed by atoms with E-state index in [1.54, 1.807) is 41.5 Å². The molecule has 8 heteroatoms. The average molecular weight is 899 g/mol. The van der Waals surface area contributed by atoms with Gasteiger partial charge >= 0.3 is 7.82 Å². The van der Waals surface area contributed by atoms with Crippen LogP contribution in [0.1, 0.15) is 229 Å². The quantitative estimate of drug-likeness (QED) is 0.130. The molecule has 354 valence electrons. The highest BCUT2D eigenvalue weighted by Gasteiger charge is 2.53. The first-order valence-electron chi connectivity index (χ1n) is 24.1. The summed E-state index contributed by atoms with van der Waals surface area (Å²) < 4.78 is 27.7. The Morgan fingerprint density at radius 2 is 0.734 bits per heavy atom. The van der Waals surface area contributed by atoms with Crippen LogP contribution in [0.3, 0.4) is 0 Å². The van der Waals surface area contributed by atoms with Gasteiger partial charge in [0.15, 0.2) is 0 Å². The van der Waals surface area contributed by atoms with Crippen molar-refractivity contribution in [2.45, 2.75) is 210 Å². The van der Waals surface area contributed by atoms with Crippen molar-refractivity contribution in [1.29, 1.82) is 0 Å². The summed E-state index contributed by atoms with van der Waals surface area (Å²) >= 11 is 0. The number of aliphatic hydroxyl groups is 3. The normalized spacial score (nSPS) is 15.4. The fourth-order valence-electron chi connectivity index (χ4n) is 9.53. The van der Waals surface area contributed by atoms with E-state index in [-0.39, 0.29) is 47.4 Å². The highest BCUT2D eigenvalue weighted by atomic mass is 31.2. The molecule has 4 aromatic rings. The lowest BCUT2D eigenvalue weighted by Crippen LogP contribution is -2.25. The summed E-state index contributed by atoms with van der Waals surface area (Å²) in [5.41, 5.74) is 16.0. The summed E-state index contributed by atoms with van der Waals surface area (Å²) in [6.07, 6.45) is 3.13. The van der Waals surface area contributed by atoms with Crippen LogP contribution in [-0.2, 0) is 22.8 Å². The molecule has 1 spiro atoms. The van der Waals surface area contributed by atoms with Crippen LogP contribution in [0.15, 0.2) is 48.5 Å². The molecular formula is C56H83O7P. The number of hydrogen-bond acceptors (Lipinski definition) is 6. The molecule has 3 aliphatic rings. The number of hydrogen-bond donors (Lipinski definition) is 4. The van der Waals surface area contributed by atoms with E-state index in [0.29, 0.717) is 23.3 Å². The molecular weight excluding hydrogens is 816 g/mol. The fraction of sp³-hybridized carbons (Fsp3) is 0.571. The van der Waals surface area contributed by atoms with Crippen LogP contribution in [0.4, 0.5) is 0 Å². The van der Waals surface area contributed by atoms with Crippen LogP contribution in [0, 0.1) is 0 Å². The van der Waals surface area contributed by atoms with Crippen molar-refractivity contribution in [3.8, 4) is 33.8 Å². The average Bonchev–Trinajstić information content (AvgIpc) is 3.73. The summed E-state index contributed by atoms with van der Waals surface area (Å²) in [7, 11) is -4.66. The number of phosphoric acid groups is 1. The summed E-state index contributed by atoms with van der Waals surface area (Å²) in [5.74, 6) is 2.85. The monoisotopic (exact) mass is 899 g/mol. The predicted octanol–water partition coefficient (Wildman–Crippen LogP) is 15.0. The Bertz CT molecular complexity index is 2050. The zero-order chi connectivity index (χ0) is 48.3. The number of benzene rings is 4. The summed E-state index contributed by atoms with van der Waals surface area (Å²) in [6.45, 7) is 37.3. The van der Waals surface area contributed by atoms with Gasteiger partial charge in [0.05, 0.1) is 0 Å². The van der Waals surface area contributed by atoms with Crippen LogP contribution in [0.5, 0.6) is 11.5 Å². The first kappa shape index (κ1) is 53.2. The Kier molecular flexibility index (Phi) is 17.8. The standard InChI is InChI=1S/C47H59O4P.3C3H8O/c1-25(2)33-21-37(27(5)6)41(38(22-33)28(7)8)35-15-13-31-17-19-47-20-18-32-14-16-36(46(44(32)47)51-52(48,49)50-45(35)43(31)47)42-39(29(9)10)23-34(26(3)4)24-40(42)30(11)12;3*1-3(2)4/h13-16,21-30H,17-20H2,1-12H3,(H,48,49);3*3-4H,1-2H3. The number of phosphoric ester groups is 1. The van der Waals surface area contributed by atoms with Gasteiger partial charge in [-0.1, -0.05) is 132 Å². The Morgan fingerprint density at radius 3 is 0.969 bits per heavy atom. The summed E-state index contributed by atoms with van der Waals surface area (Å²) in [5, 5.41) is 24.2. The van der Waals surface area contributed by atoms with Crippen LogP contribution in [-0.4, -0.2) is 38.5 Å². The lowest BCUT2D eigenvalue weighted by Gasteiger charge is -2.36. The number of aliphatic hydroxyl groups excluding tert-OH is 3. The highest BCUT2D eigenvalue weighted by Crippen LogP contribution is 2.66.